The number of aliphatic hydroxyl groups excluding tert-OH is 1. The number of thioether (sulfide) groups is 1. The molecule has 3 aliphatic rings. The number of rotatable bonds is 13. The Labute approximate surface area is 248 Å². The first-order valence-corrected chi connectivity index (χ1v) is 15.7. The maximum absolute atomic E-state index is 14.5. The first-order valence-electron chi connectivity index (χ1n) is 13.5. The van der Waals surface area contributed by atoms with Gasteiger partial charge in [0.05, 0.1) is 16.6 Å². The molecule has 39 heavy (non-hydrogen) atoms. The van der Waals surface area contributed by atoms with Crippen molar-refractivity contribution in [3.05, 3.63) is 54.6 Å². The van der Waals surface area contributed by atoms with Gasteiger partial charge in [0, 0.05) is 54.1 Å². The number of fused-ring (bicyclic) bond motifs is 1. The number of aliphatic hydroxyl groups is 1. The molecule has 0 aliphatic carbocycles. The summed E-state index contributed by atoms with van der Waals surface area (Å²) >= 11 is 11.6. The quantitative estimate of drug-likeness (QED) is 0.195. The van der Waals surface area contributed by atoms with E-state index in [0.717, 1.165) is 19.3 Å². The average molecular weight is 639 g/mol. The number of halogens is 2. The molecule has 0 radical (unpaired) electrons. The molecule has 0 aromatic heterocycles. The minimum absolute atomic E-state index is 0.0146. The van der Waals surface area contributed by atoms with Gasteiger partial charge in [-0.1, -0.05) is 52.5 Å². The van der Waals surface area contributed by atoms with Gasteiger partial charge in [0.15, 0.2) is 0 Å². The predicted octanol–water partition coefficient (Wildman–Crippen LogP) is 4.52. The van der Waals surface area contributed by atoms with E-state index in [1.807, 2.05) is 0 Å². The third kappa shape index (κ3) is 5.56. The molecular formula is C29H37BrClN3O4S. The van der Waals surface area contributed by atoms with E-state index in [4.69, 9.17) is 16.7 Å². The molecule has 1 aromatic rings. The van der Waals surface area contributed by atoms with Gasteiger partial charge < -0.3 is 19.8 Å². The zero-order valence-electron chi connectivity index (χ0n) is 22.3. The fourth-order valence-corrected chi connectivity index (χ4v) is 10.2. The number of hydrogen-bond acceptors (Lipinski definition) is 5. The summed E-state index contributed by atoms with van der Waals surface area (Å²) in [5, 5.41) is 9.64. The molecule has 7 nitrogen and oxygen atoms in total. The fraction of sp³-hybridized carbons (Fsp3) is 0.552. The number of anilines is 1. The van der Waals surface area contributed by atoms with E-state index in [-0.39, 0.29) is 41.0 Å². The summed E-state index contributed by atoms with van der Waals surface area (Å²) in [7, 11) is 1.74. The molecule has 212 valence electrons. The zero-order valence-corrected chi connectivity index (χ0v) is 25.5. The number of nitrogens with zero attached hydrogens (tertiary/aromatic N) is 3. The molecule has 1 aromatic carbocycles. The molecule has 3 aliphatic heterocycles. The number of unbranched alkanes of at least 4 members (excludes halogenated alkanes) is 3. The van der Waals surface area contributed by atoms with Gasteiger partial charge in [0.2, 0.25) is 11.8 Å². The van der Waals surface area contributed by atoms with E-state index in [9.17, 15) is 14.4 Å². The largest absolute Gasteiger partial charge is 0.396 e. The van der Waals surface area contributed by atoms with Gasteiger partial charge in [-0.3, -0.25) is 14.4 Å². The Hall–Kier alpha value is -1.81. The maximum Gasteiger partial charge on any atom is 0.251 e. The van der Waals surface area contributed by atoms with Crippen molar-refractivity contribution in [2.45, 2.75) is 53.0 Å². The Morgan fingerprint density at radius 2 is 1.82 bits per heavy atom. The summed E-state index contributed by atoms with van der Waals surface area (Å²) in [5.41, 5.74) is 0.686. The number of likely N-dealkylation sites (tertiary alicyclic amines) is 1. The topological polar surface area (TPSA) is 81.2 Å². The summed E-state index contributed by atoms with van der Waals surface area (Å²) in [6.07, 6.45) is 7.13. The summed E-state index contributed by atoms with van der Waals surface area (Å²) in [5.74, 6) is -1.42. The van der Waals surface area contributed by atoms with Crippen molar-refractivity contribution in [2.24, 2.45) is 11.8 Å². The van der Waals surface area contributed by atoms with Crippen molar-refractivity contribution in [1.29, 1.82) is 0 Å². The standard InChI is InChI=1S/C29H37BrClN3O4S/c1-4-14-32(3)26(36)22-23-27(37)34(16-8-6-7-9-17-35)25(29(23)18-21(30)24(22)39-29)28(38)33(15-5-2)20-12-10-19(31)11-13-20/h4-5,10-13,21-25,35H,1-2,6-9,14-18H2,3H3/t21?,22-,23+,24-,25?,29?/m1/s1. The lowest BCUT2D eigenvalue weighted by atomic mass is 9.70. The van der Waals surface area contributed by atoms with Crippen molar-refractivity contribution < 1.29 is 19.5 Å². The van der Waals surface area contributed by atoms with Crippen LogP contribution >= 0.6 is 39.3 Å². The molecular weight excluding hydrogens is 602 g/mol. The van der Waals surface area contributed by atoms with Gasteiger partial charge >= 0.3 is 0 Å². The molecule has 3 heterocycles. The second-order valence-corrected chi connectivity index (χ2v) is 13.7. The fourth-order valence-electron chi connectivity index (χ4n) is 6.44. The zero-order chi connectivity index (χ0) is 28.3. The number of carbonyl (C=O) groups excluding carboxylic acids is 3. The van der Waals surface area contributed by atoms with Gasteiger partial charge in [-0.15, -0.1) is 24.9 Å². The minimum Gasteiger partial charge on any atom is -0.396 e. The average Bonchev–Trinajstić information content (AvgIpc) is 3.50. The van der Waals surface area contributed by atoms with Crippen LogP contribution in [-0.4, -0.2) is 86.8 Å². The lowest BCUT2D eigenvalue weighted by Crippen LogP contribution is -2.56. The van der Waals surface area contributed by atoms with Crippen LogP contribution in [0.5, 0.6) is 0 Å². The summed E-state index contributed by atoms with van der Waals surface area (Å²) in [4.78, 5) is 47.5. The summed E-state index contributed by atoms with van der Waals surface area (Å²) in [6.45, 7) is 8.88. The lowest BCUT2D eigenvalue weighted by Gasteiger charge is -2.38. The maximum atomic E-state index is 14.5. The van der Waals surface area contributed by atoms with Crippen molar-refractivity contribution in [2.75, 3.05) is 38.2 Å². The smallest absolute Gasteiger partial charge is 0.251 e. The molecule has 3 unspecified atom stereocenters. The number of amides is 3. The Kier molecular flexibility index (Phi) is 9.89. The molecule has 1 spiro atoms. The molecule has 10 heteroatoms. The van der Waals surface area contributed by atoms with Crippen molar-refractivity contribution >= 4 is 62.7 Å². The van der Waals surface area contributed by atoms with E-state index in [2.05, 4.69) is 29.1 Å². The highest BCUT2D eigenvalue weighted by Gasteiger charge is 2.75. The minimum atomic E-state index is -0.709. The van der Waals surface area contributed by atoms with Gasteiger partial charge in [-0.05, 0) is 43.5 Å². The van der Waals surface area contributed by atoms with E-state index < -0.39 is 22.6 Å². The van der Waals surface area contributed by atoms with Crippen molar-refractivity contribution in [1.82, 2.24) is 9.80 Å². The third-order valence-corrected chi connectivity index (χ3v) is 11.6. The number of hydrogen-bond donors (Lipinski definition) is 1. The molecule has 3 amide bonds. The van der Waals surface area contributed by atoms with Gasteiger partial charge in [0.1, 0.15) is 6.04 Å². The van der Waals surface area contributed by atoms with Crippen LogP contribution in [0.2, 0.25) is 5.02 Å². The van der Waals surface area contributed by atoms with Crippen molar-refractivity contribution in [3.8, 4) is 0 Å². The molecule has 3 fully saturated rings. The predicted molar refractivity (Wildman–Crippen MR) is 161 cm³/mol. The molecule has 0 saturated carbocycles. The van der Waals surface area contributed by atoms with Crippen LogP contribution in [0, 0.1) is 11.8 Å². The molecule has 2 bridgehead atoms. The first-order chi connectivity index (χ1) is 18.7. The Morgan fingerprint density at radius 1 is 1.15 bits per heavy atom. The van der Waals surface area contributed by atoms with Crippen LogP contribution in [0.25, 0.3) is 0 Å². The van der Waals surface area contributed by atoms with Crippen LogP contribution < -0.4 is 4.90 Å². The molecule has 1 N–H and O–H groups in total. The number of benzene rings is 1. The Bertz CT molecular complexity index is 1100. The molecule has 4 rings (SSSR count). The van der Waals surface area contributed by atoms with Gasteiger partial charge in [0.25, 0.3) is 5.91 Å². The first kappa shape index (κ1) is 30.2. The highest BCUT2D eigenvalue weighted by Crippen LogP contribution is 2.68. The monoisotopic (exact) mass is 637 g/mol. The number of likely N-dealkylation sites (N-methyl/N-ethyl adjacent to an activating group) is 1. The number of carbonyl (C=O) groups is 3. The molecule has 3 saturated heterocycles. The van der Waals surface area contributed by atoms with Crippen LogP contribution in [0.15, 0.2) is 49.6 Å². The second kappa shape index (κ2) is 12.8. The Balaban J connectivity index is 1.73. The Morgan fingerprint density at radius 3 is 2.46 bits per heavy atom. The molecule has 6 atom stereocenters. The van der Waals surface area contributed by atoms with E-state index in [1.165, 1.54) is 0 Å². The third-order valence-electron chi connectivity index (χ3n) is 8.11. The SMILES string of the molecule is C=CCN(C)C(=O)[C@H]1[C@@H]2SC3(CC2Br)C(C(=O)N(CC=C)c2ccc(Cl)cc2)N(CCCCCCO)C(=O)[C@H]13. The van der Waals surface area contributed by atoms with Gasteiger partial charge in [-0.2, -0.15) is 0 Å². The van der Waals surface area contributed by atoms with Crippen LogP contribution in [0.4, 0.5) is 5.69 Å². The highest BCUT2D eigenvalue weighted by molar-refractivity contribution is 9.09. The summed E-state index contributed by atoms with van der Waals surface area (Å²) < 4.78 is -0.709. The van der Waals surface area contributed by atoms with Crippen molar-refractivity contribution in [3.63, 3.8) is 0 Å². The van der Waals surface area contributed by atoms with Gasteiger partial charge in [-0.25, -0.2) is 0 Å². The van der Waals surface area contributed by atoms with Crippen LogP contribution in [0.3, 0.4) is 0 Å². The van der Waals surface area contributed by atoms with Crippen LogP contribution in [-0.2, 0) is 14.4 Å². The van der Waals surface area contributed by atoms with E-state index in [1.54, 1.807) is 69.9 Å². The van der Waals surface area contributed by atoms with E-state index >= 15 is 0 Å². The van der Waals surface area contributed by atoms with E-state index in [0.29, 0.717) is 36.6 Å². The second-order valence-electron chi connectivity index (χ2n) is 10.6. The van der Waals surface area contributed by atoms with Crippen LogP contribution in [0.1, 0.15) is 32.1 Å². The number of alkyl halides is 1. The normalized spacial score (nSPS) is 28.9. The highest BCUT2D eigenvalue weighted by atomic mass is 79.9. The summed E-state index contributed by atoms with van der Waals surface area (Å²) in [6, 6.07) is 6.39. The lowest BCUT2D eigenvalue weighted by molar-refractivity contribution is -0.143.